The fourth-order valence-corrected chi connectivity index (χ4v) is 3.49. The lowest BCUT2D eigenvalue weighted by atomic mass is 10.3. The fourth-order valence-electron chi connectivity index (χ4n) is 1.28. The Hall–Kier alpha value is -0.350. The van der Waals surface area contributed by atoms with Crippen molar-refractivity contribution >= 4 is 29.3 Å². The van der Waals surface area contributed by atoms with Crippen molar-refractivity contribution < 1.29 is 0 Å². The van der Waals surface area contributed by atoms with Crippen molar-refractivity contribution in [2.75, 3.05) is 28.2 Å². The zero-order chi connectivity index (χ0) is 9.80. The smallest absolute Gasteiger partial charge is 0.129 e. The third-order valence-corrected chi connectivity index (χ3v) is 4.32. The van der Waals surface area contributed by atoms with Crippen LogP contribution in [0.25, 0.3) is 0 Å². The Morgan fingerprint density at radius 2 is 1.93 bits per heavy atom. The summed E-state index contributed by atoms with van der Waals surface area (Å²) in [5.41, 5.74) is 1.23. The van der Waals surface area contributed by atoms with Crippen molar-refractivity contribution in [3.63, 3.8) is 0 Å². The SMILES string of the molecule is Cc1ccc(N2CSCCSC2)nc1. The first-order chi connectivity index (χ1) is 6.86. The molecule has 1 aromatic heterocycles. The van der Waals surface area contributed by atoms with Gasteiger partial charge >= 0.3 is 0 Å². The predicted molar refractivity (Wildman–Crippen MR) is 66.1 cm³/mol. The van der Waals surface area contributed by atoms with Crippen LogP contribution < -0.4 is 4.90 Å². The van der Waals surface area contributed by atoms with Crippen LogP contribution in [0.5, 0.6) is 0 Å². The van der Waals surface area contributed by atoms with E-state index in [9.17, 15) is 0 Å². The van der Waals surface area contributed by atoms with Crippen molar-refractivity contribution in [2.45, 2.75) is 6.92 Å². The monoisotopic (exact) mass is 226 g/mol. The summed E-state index contributed by atoms with van der Waals surface area (Å²) < 4.78 is 0. The lowest BCUT2D eigenvalue weighted by molar-refractivity contribution is 1.02. The molecule has 1 aromatic rings. The maximum atomic E-state index is 4.44. The van der Waals surface area contributed by atoms with Crippen LogP contribution in [-0.2, 0) is 0 Å². The van der Waals surface area contributed by atoms with E-state index in [1.807, 2.05) is 29.7 Å². The molecule has 2 rings (SSSR count). The molecule has 0 spiro atoms. The lowest BCUT2D eigenvalue weighted by Gasteiger charge is -2.19. The van der Waals surface area contributed by atoms with E-state index in [0.717, 1.165) is 17.6 Å². The van der Waals surface area contributed by atoms with Gasteiger partial charge in [0.2, 0.25) is 0 Å². The van der Waals surface area contributed by atoms with Crippen molar-refractivity contribution in [1.29, 1.82) is 0 Å². The number of rotatable bonds is 1. The van der Waals surface area contributed by atoms with Gasteiger partial charge in [0.05, 0.1) is 11.8 Å². The molecule has 1 saturated heterocycles. The molecule has 0 saturated carbocycles. The molecule has 14 heavy (non-hydrogen) atoms. The second-order valence-corrected chi connectivity index (χ2v) is 5.46. The molecule has 0 radical (unpaired) electrons. The van der Waals surface area contributed by atoms with Gasteiger partial charge < -0.3 is 4.90 Å². The topological polar surface area (TPSA) is 16.1 Å². The normalized spacial score (nSPS) is 17.9. The molecule has 0 aliphatic carbocycles. The van der Waals surface area contributed by atoms with Gasteiger partial charge in [-0.25, -0.2) is 4.98 Å². The maximum Gasteiger partial charge on any atom is 0.129 e. The third kappa shape index (κ3) is 2.58. The van der Waals surface area contributed by atoms with Gasteiger partial charge in [0.25, 0.3) is 0 Å². The van der Waals surface area contributed by atoms with Gasteiger partial charge in [-0.1, -0.05) is 6.07 Å². The standard InChI is InChI=1S/C10H14N2S2/c1-9-2-3-10(11-6-9)12-7-13-4-5-14-8-12/h2-3,6H,4-5,7-8H2,1H3. The molecular formula is C10H14N2S2. The minimum atomic E-state index is 1.07. The Balaban J connectivity index is 2.08. The first-order valence-electron chi connectivity index (χ1n) is 4.69. The van der Waals surface area contributed by atoms with Gasteiger partial charge in [0, 0.05) is 17.7 Å². The molecule has 0 bridgehead atoms. The van der Waals surface area contributed by atoms with Crippen LogP contribution in [0.1, 0.15) is 5.56 Å². The molecular weight excluding hydrogens is 212 g/mol. The van der Waals surface area contributed by atoms with Crippen LogP contribution in [0.15, 0.2) is 18.3 Å². The Morgan fingerprint density at radius 3 is 2.50 bits per heavy atom. The Kier molecular flexibility index (Phi) is 3.59. The highest BCUT2D eigenvalue weighted by Crippen LogP contribution is 2.22. The van der Waals surface area contributed by atoms with Crippen LogP contribution in [0.3, 0.4) is 0 Å². The van der Waals surface area contributed by atoms with Gasteiger partial charge in [-0.2, -0.15) is 0 Å². The van der Waals surface area contributed by atoms with Gasteiger partial charge in [-0.05, 0) is 18.6 Å². The molecule has 0 N–H and O–H groups in total. The fraction of sp³-hybridized carbons (Fsp3) is 0.500. The van der Waals surface area contributed by atoms with E-state index >= 15 is 0 Å². The summed E-state index contributed by atoms with van der Waals surface area (Å²) >= 11 is 3.98. The van der Waals surface area contributed by atoms with Crippen LogP contribution in [0.2, 0.25) is 0 Å². The minimum Gasteiger partial charge on any atom is -0.338 e. The van der Waals surface area contributed by atoms with Crippen LogP contribution in [0, 0.1) is 6.92 Å². The molecule has 1 aliphatic rings. The Labute approximate surface area is 93.5 Å². The third-order valence-electron chi connectivity index (χ3n) is 2.09. The molecule has 1 fully saturated rings. The number of thioether (sulfide) groups is 2. The van der Waals surface area contributed by atoms with Crippen molar-refractivity contribution in [3.8, 4) is 0 Å². The lowest BCUT2D eigenvalue weighted by Crippen LogP contribution is -2.21. The number of aromatic nitrogens is 1. The first kappa shape index (κ1) is 10.2. The Morgan fingerprint density at radius 1 is 1.21 bits per heavy atom. The minimum absolute atomic E-state index is 1.07. The molecule has 0 unspecified atom stereocenters. The van der Waals surface area contributed by atoms with E-state index < -0.39 is 0 Å². The molecule has 76 valence electrons. The maximum absolute atomic E-state index is 4.44. The number of anilines is 1. The van der Waals surface area contributed by atoms with E-state index in [1.54, 1.807) is 0 Å². The summed E-state index contributed by atoms with van der Waals surface area (Å²) in [7, 11) is 0. The number of hydrogen-bond donors (Lipinski definition) is 0. The first-order valence-corrected chi connectivity index (χ1v) is 7.00. The molecule has 4 heteroatoms. The molecule has 1 aliphatic heterocycles. The second-order valence-electron chi connectivity index (χ2n) is 3.31. The highest BCUT2D eigenvalue weighted by molar-refractivity contribution is 8.03. The quantitative estimate of drug-likeness (QED) is 0.731. The number of pyridine rings is 1. The number of aryl methyl sites for hydroxylation is 1. The Bertz CT molecular complexity index is 279. The predicted octanol–water partition coefficient (Wildman–Crippen LogP) is 2.59. The molecule has 2 nitrogen and oxygen atoms in total. The number of hydrogen-bond acceptors (Lipinski definition) is 4. The average Bonchev–Trinajstić information content (AvgIpc) is 2.47. The van der Waals surface area contributed by atoms with E-state index in [1.165, 1.54) is 17.1 Å². The zero-order valence-electron chi connectivity index (χ0n) is 8.27. The van der Waals surface area contributed by atoms with Gasteiger partial charge in [-0.3, -0.25) is 0 Å². The van der Waals surface area contributed by atoms with Crippen molar-refractivity contribution in [3.05, 3.63) is 23.9 Å². The van der Waals surface area contributed by atoms with Crippen molar-refractivity contribution in [2.24, 2.45) is 0 Å². The van der Waals surface area contributed by atoms with Gasteiger partial charge in [0.15, 0.2) is 0 Å². The van der Waals surface area contributed by atoms with E-state index in [2.05, 4.69) is 28.9 Å². The van der Waals surface area contributed by atoms with Crippen molar-refractivity contribution in [1.82, 2.24) is 4.98 Å². The molecule has 0 aromatic carbocycles. The number of nitrogens with zero attached hydrogens (tertiary/aromatic N) is 2. The molecule has 0 atom stereocenters. The largest absolute Gasteiger partial charge is 0.338 e. The summed E-state index contributed by atoms with van der Waals surface area (Å²) in [6.45, 7) is 2.07. The zero-order valence-corrected chi connectivity index (χ0v) is 9.90. The van der Waals surface area contributed by atoms with E-state index in [4.69, 9.17) is 0 Å². The second kappa shape index (κ2) is 4.94. The van der Waals surface area contributed by atoms with Crippen LogP contribution >= 0.6 is 23.5 Å². The summed E-state index contributed by atoms with van der Waals surface area (Å²) in [6.07, 6.45) is 1.94. The summed E-state index contributed by atoms with van der Waals surface area (Å²) in [5.74, 6) is 5.77. The summed E-state index contributed by atoms with van der Waals surface area (Å²) in [5, 5.41) is 0. The summed E-state index contributed by atoms with van der Waals surface area (Å²) in [4.78, 5) is 6.78. The van der Waals surface area contributed by atoms with Crippen LogP contribution in [0.4, 0.5) is 5.82 Å². The molecule has 0 amide bonds. The molecule has 2 heterocycles. The summed E-state index contributed by atoms with van der Waals surface area (Å²) in [6, 6.07) is 4.24. The van der Waals surface area contributed by atoms with E-state index in [-0.39, 0.29) is 0 Å². The van der Waals surface area contributed by atoms with Gasteiger partial charge in [-0.15, -0.1) is 23.5 Å². The van der Waals surface area contributed by atoms with Gasteiger partial charge in [0.1, 0.15) is 5.82 Å². The van der Waals surface area contributed by atoms with E-state index in [0.29, 0.717) is 0 Å². The van der Waals surface area contributed by atoms with Crippen LogP contribution in [-0.4, -0.2) is 28.2 Å². The average molecular weight is 226 g/mol. The highest BCUT2D eigenvalue weighted by Gasteiger charge is 2.10. The highest BCUT2D eigenvalue weighted by atomic mass is 32.2.